The van der Waals surface area contributed by atoms with Crippen LogP contribution in [0.25, 0.3) is 6.08 Å². The van der Waals surface area contributed by atoms with Crippen LogP contribution in [-0.2, 0) is 9.59 Å². The average molecular weight is 444 g/mol. The molecule has 0 atom stereocenters. The lowest BCUT2D eigenvalue weighted by Crippen LogP contribution is -2.44. The molecule has 2 amide bonds. The zero-order valence-electron chi connectivity index (χ0n) is 15.7. The third kappa shape index (κ3) is 5.16. The number of hydrogen-bond donors (Lipinski definition) is 2. The van der Waals surface area contributed by atoms with E-state index in [0.717, 1.165) is 16.8 Å². The van der Waals surface area contributed by atoms with Gasteiger partial charge in [-0.05, 0) is 60.3 Å². The van der Waals surface area contributed by atoms with Gasteiger partial charge in [-0.3, -0.25) is 15.0 Å². The molecule has 0 saturated carbocycles. The molecule has 1 saturated heterocycles. The van der Waals surface area contributed by atoms with Crippen molar-refractivity contribution in [2.24, 2.45) is 0 Å². The maximum atomic E-state index is 12.7. The second kappa shape index (κ2) is 9.42. The molecular weight excluding hydrogens is 428 g/mol. The SMILES string of the molecule is COc1ccc(C(=O)NN2C(=O)/C(=C\c3ccc(OCC(=O)O)cc3)SC2=S)cc1. The van der Waals surface area contributed by atoms with E-state index in [-0.39, 0.29) is 4.32 Å². The molecule has 2 aromatic carbocycles. The van der Waals surface area contributed by atoms with Gasteiger partial charge in [-0.2, -0.15) is 5.01 Å². The molecule has 1 aliphatic rings. The number of hydrazine groups is 1. The fourth-order valence-corrected chi connectivity index (χ4v) is 3.61. The highest BCUT2D eigenvalue weighted by Crippen LogP contribution is 2.31. The largest absolute Gasteiger partial charge is 0.497 e. The summed E-state index contributed by atoms with van der Waals surface area (Å²) in [4.78, 5) is 35.9. The Balaban J connectivity index is 1.67. The Labute approximate surface area is 181 Å². The monoisotopic (exact) mass is 444 g/mol. The molecule has 0 spiro atoms. The van der Waals surface area contributed by atoms with E-state index in [1.807, 2.05) is 0 Å². The number of nitrogens with one attached hydrogen (secondary N) is 1. The Bertz CT molecular complexity index is 1020. The first-order chi connectivity index (χ1) is 14.4. The molecule has 0 aromatic heterocycles. The number of rotatable bonds is 7. The highest BCUT2D eigenvalue weighted by Gasteiger charge is 2.33. The summed E-state index contributed by atoms with van der Waals surface area (Å²) in [5.41, 5.74) is 3.56. The van der Waals surface area contributed by atoms with Crippen LogP contribution in [0.15, 0.2) is 53.4 Å². The third-order valence-electron chi connectivity index (χ3n) is 3.90. The van der Waals surface area contributed by atoms with Gasteiger partial charge < -0.3 is 14.6 Å². The molecule has 1 aliphatic heterocycles. The Kier molecular flexibility index (Phi) is 6.70. The van der Waals surface area contributed by atoms with Crippen molar-refractivity contribution in [3.8, 4) is 11.5 Å². The molecule has 0 radical (unpaired) electrons. The Morgan fingerprint density at radius 1 is 1.13 bits per heavy atom. The van der Waals surface area contributed by atoms with Crippen LogP contribution in [0.4, 0.5) is 0 Å². The minimum absolute atomic E-state index is 0.203. The first-order valence-corrected chi connectivity index (χ1v) is 9.77. The van der Waals surface area contributed by atoms with Crippen molar-refractivity contribution in [3.05, 3.63) is 64.6 Å². The summed E-state index contributed by atoms with van der Waals surface area (Å²) in [6.07, 6.45) is 1.62. The second-order valence-electron chi connectivity index (χ2n) is 5.94. The molecule has 10 heteroatoms. The average Bonchev–Trinajstić information content (AvgIpc) is 3.00. The minimum atomic E-state index is -1.07. The van der Waals surface area contributed by atoms with Crippen LogP contribution in [-0.4, -0.2) is 45.9 Å². The number of carboxylic acid groups (broad SMARTS) is 1. The Hall–Kier alpha value is -3.37. The van der Waals surface area contributed by atoms with Gasteiger partial charge in [0, 0.05) is 5.56 Å². The van der Waals surface area contributed by atoms with Gasteiger partial charge in [0.25, 0.3) is 11.8 Å². The van der Waals surface area contributed by atoms with Gasteiger partial charge >= 0.3 is 5.97 Å². The number of carbonyl (C=O) groups is 3. The van der Waals surface area contributed by atoms with Crippen molar-refractivity contribution in [2.75, 3.05) is 13.7 Å². The highest BCUT2D eigenvalue weighted by molar-refractivity contribution is 8.26. The zero-order valence-corrected chi connectivity index (χ0v) is 17.3. The van der Waals surface area contributed by atoms with E-state index in [0.29, 0.717) is 27.5 Å². The Morgan fingerprint density at radius 3 is 2.37 bits per heavy atom. The number of thioether (sulfide) groups is 1. The van der Waals surface area contributed by atoms with Crippen molar-refractivity contribution in [2.45, 2.75) is 0 Å². The van der Waals surface area contributed by atoms with Crippen molar-refractivity contribution in [3.63, 3.8) is 0 Å². The molecule has 1 heterocycles. The molecule has 8 nitrogen and oxygen atoms in total. The smallest absolute Gasteiger partial charge is 0.341 e. The van der Waals surface area contributed by atoms with Gasteiger partial charge in [0.05, 0.1) is 12.0 Å². The second-order valence-corrected chi connectivity index (χ2v) is 7.61. The molecule has 154 valence electrons. The van der Waals surface area contributed by atoms with Crippen LogP contribution >= 0.6 is 24.0 Å². The molecule has 3 rings (SSSR count). The van der Waals surface area contributed by atoms with E-state index in [1.54, 1.807) is 54.6 Å². The van der Waals surface area contributed by atoms with Crippen LogP contribution in [0, 0.1) is 0 Å². The van der Waals surface area contributed by atoms with Gasteiger partial charge in [-0.15, -0.1) is 0 Å². The standard InChI is InChI=1S/C20H16N2O6S2/c1-27-14-8-4-13(5-9-14)18(25)21-22-19(26)16(30-20(22)29)10-12-2-6-15(7-3-12)28-11-17(23)24/h2-10H,11H2,1H3,(H,21,25)(H,23,24)/b16-10+. The fourth-order valence-electron chi connectivity index (χ4n) is 2.43. The lowest BCUT2D eigenvalue weighted by Gasteiger charge is -2.15. The van der Waals surface area contributed by atoms with E-state index in [9.17, 15) is 14.4 Å². The van der Waals surface area contributed by atoms with Gasteiger partial charge in [-0.1, -0.05) is 23.9 Å². The summed E-state index contributed by atoms with van der Waals surface area (Å²) in [6.45, 7) is -0.439. The molecule has 0 aliphatic carbocycles. The summed E-state index contributed by atoms with van der Waals surface area (Å²) in [5, 5.41) is 9.66. The summed E-state index contributed by atoms with van der Waals surface area (Å²) in [5.74, 6) is -0.985. The fraction of sp³-hybridized carbons (Fsp3) is 0.100. The lowest BCUT2D eigenvalue weighted by molar-refractivity contribution is -0.139. The van der Waals surface area contributed by atoms with E-state index >= 15 is 0 Å². The number of thiocarbonyl (C=S) groups is 1. The number of ether oxygens (including phenoxy) is 2. The number of carboxylic acids is 1. The number of carbonyl (C=O) groups excluding carboxylic acids is 2. The Morgan fingerprint density at radius 2 is 1.77 bits per heavy atom. The highest BCUT2D eigenvalue weighted by atomic mass is 32.2. The molecule has 2 aromatic rings. The maximum Gasteiger partial charge on any atom is 0.341 e. The molecule has 2 N–H and O–H groups in total. The van der Waals surface area contributed by atoms with Gasteiger partial charge in [0.15, 0.2) is 10.9 Å². The summed E-state index contributed by atoms with van der Waals surface area (Å²) in [7, 11) is 1.53. The van der Waals surface area contributed by atoms with Crippen LogP contribution in [0.3, 0.4) is 0 Å². The van der Waals surface area contributed by atoms with Crippen LogP contribution in [0.5, 0.6) is 11.5 Å². The molecule has 1 fully saturated rings. The topological polar surface area (TPSA) is 105 Å². The number of methoxy groups -OCH3 is 1. The van der Waals surface area contributed by atoms with Crippen LogP contribution < -0.4 is 14.9 Å². The van der Waals surface area contributed by atoms with Crippen molar-refractivity contribution in [1.29, 1.82) is 0 Å². The van der Waals surface area contributed by atoms with Crippen molar-refractivity contribution in [1.82, 2.24) is 10.4 Å². The third-order valence-corrected chi connectivity index (χ3v) is 5.20. The molecule has 0 unspecified atom stereocenters. The quantitative estimate of drug-likeness (QED) is 0.496. The number of amides is 2. The summed E-state index contributed by atoms with van der Waals surface area (Å²) >= 11 is 6.28. The predicted molar refractivity (Wildman–Crippen MR) is 115 cm³/mol. The molecular formula is C20H16N2O6S2. The maximum absolute atomic E-state index is 12.7. The number of hydrogen-bond acceptors (Lipinski definition) is 7. The van der Waals surface area contributed by atoms with Gasteiger partial charge in [0.1, 0.15) is 11.5 Å². The molecule has 30 heavy (non-hydrogen) atoms. The summed E-state index contributed by atoms with van der Waals surface area (Å²) < 4.78 is 10.3. The number of aliphatic carboxylic acids is 1. The van der Waals surface area contributed by atoms with Crippen LogP contribution in [0.2, 0.25) is 0 Å². The van der Waals surface area contributed by atoms with E-state index < -0.39 is 24.4 Å². The minimum Gasteiger partial charge on any atom is -0.497 e. The van der Waals surface area contributed by atoms with E-state index in [4.69, 9.17) is 26.8 Å². The normalized spacial score (nSPS) is 14.7. The number of nitrogens with zero attached hydrogens (tertiary/aromatic N) is 1. The predicted octanol–water partition coefficient (Wildman–Crippen LogP) is 2.70. The van der Waals surface area contributed by atoms with Gasteiger partial charge in [0.2, 0.25) is 0 Å². The lowest BCUT2D eigenvalue weighted by atomic mass is 10.2. The van der Waals surface area contributed by atoms with Crippen molar-refractivity contribution < 1.29 is 29.0 Å². The van der Waals surface area contributed by atoms with Crippen LogP contribution in [0.1, 0.15) is 15.9 Å². The van der Waals surface area contributed by atoms with E-state index in [1.165, 1.54) is 7.11 Å². The van der Waals surface area contributed by atoms with Gasteiger partial charge in [-0.25, -0.2) is 4.79 Å². The first-order valence-electron chi connectivity index (χ1n) is 8.55. The first kappa shape index (κ1) is 21.3. The molecule has 0 bridgehead atoms. The van der Waals surface area contributed by atoms with Crippen molar-refractivity contribution >= 4 is 52.2 Å². The zero-order chi connectivity index (χ0) is 21.7. The summed E-state index contributed by atoms with van der Waals surface area (Å²) in [6, 6.07) is 13.0. The van der Waals surface area contributed by atoms with E-state index in [2.05, 4.69) is 5.43 Å². The number of benzene rings is 2.